The first kappa shape index (κ1) is 33.6. The fourth-order valence-corrected chi connectivity index (χ4v) is 3.08. The van der Waals surface area contributed by atoms with Crippen LogP contribution in [0.4, 0.5) is 0 Å². The summed E-state index contributed by atoms with van der Waals surface area (Å²) in [5.74, 6) is -2.38. The van der Waals surface area contributed by atoms with Crippen molar-refractivity contribution >= 4 is 11.7 Å². The molecule has 0 unspecified atom stereocenters. The number of esters is 1. The summed E-state index contributed by atoms with van der Waals surface area (Å²) >= 11 is 0. The van der Waals surface area contributed by atoms with Crippen LogP contribution < -0.4 is 15.3 Å². The monoisotopic (exact) mass is 597 g/mol. The summed E-state index contributed by atoms with van der Waals surface area (Å²) in [6.07, 6.45) is 0. The van der Waals surface area contributed by atoms with Crippen molar-refractivity contribution < 1.29 is 49.1 Å². The van der Waals surface area contributed by atoms with E-state index >= 15 is 0 Å². The van der Waals surface area contributed by atoms with Gasteiger partial charge < -0.3 is 24.8 Å². The largest absolute Gasteiger partial charge is 2.00 e. The molecule has 0 saturated heterocycles. The summed E-state index contributed by atoms with van der Waals surface area (Å²) in [6, 6.07) is 7.24. The maximum absolute atomic E-state index is 11.3. The van der Waals surface area contributed by atoms with Crippen LogP contribution in [0.15, 0.2) is 57.4 Å². The Morgan fingerprint density at radius 3 is 1.81 bits per heavy atom. The Hall–Kier alpha value is -3.39. The maximum Gasteiger partial charge on any atom is 2.00 e. The molecule has 0 aromatic heterocycles. The molecule has 0 N–H and O–H groups in total. The number of rotatable bonds is 4. The standard InChI is InChI=1S/C12H18.C8H11N3O4.C7H6O2.Ru/c1-7-8(2)10(4)12(6)11(5)9(7)3;1-3-14-7(12)5-6(10-11-9-5)8(13)15-4-2;8-6-4-2-1-3-5-7(6)9;/h1-6H3;12H,3-4H2,1-2H3;1-5,8H;/q;;;+2/p-2/b;7-5-;;. The minimum absolute atomic E-state index is 0. The average molecular weight is 597 g/mol. The number of ether oxygens (including phenoxy) is 2. The molecule has 0 amide bonds. The minimum atomic E-state index is -0.731. The Morgan fingerprint density at radius 2 is 1.35 bits per heavy atom. The van der Waals surface area contributed by atoms with Crippen LogP contribution in [0.5, 0.6) is 11.5 Å². The van der Waals surface area contributed by atoms with Gasteiger partial charge in [-0.1, -0.05) is 6.92 Å². The van der Waals surface area contributed by atoms with E-state index in [0.717, 1.165) is 0 Å². The van der Waals surface area contributed by atoms with E-state index in [1.54, 1.807) is 32.0 Å². The summed E-state index contributed by atoms with van der Waals surface area (Å²) in [7, 11) is 0. The van der Waals surface area contributed by atoms with E-state index in [0.29, 0.717) is 0 Å². The van der Waals surface area contributed by atoms with Crippen LogP contribution in [0.1, 0.15) is 47.2 Å². The minimum Gasteiger partial charge on any atom is -0.852 e. The fraction of sp³-hybridized carbons (Fsp3) is 0.370. The molecule has 1 heterocycles. The van der Waals surface area contributed by atoms with Gasteiger partial charge in [0, 0.05) is 41.8 Å². The molecule has 0 bridgehead atoms. The van der Waals surface area contributed by atoms with Crippen molar-refractivity contribution in [1.29, 1.82) is 0 Å². The Bertz CT molecular complexity index is 1060. The van der Waals surface area contributed by atoms with Crippen molar-refractivity contribution in [2.24, 2.45) is 15.4 Å². The van der Waals surface area contributed by atoms with E-state index in [1.165, 1.54) is 45.5 Å². The van der Waals surface area contributed by atoms with Crippen molar-refractivity contribution in [3.05, 3.63) is 75.4 Å². The Labute approximate surface area is 231 Å². The van der Waals surface area contributed by atoms with E-state index in [4.69, 9.17) is 0 Å². The molecule has 10 heteroatoms. The van der Waals surface area contributed by atoms with Gasteiger partial charge in [-0.05, 0) is 93.7 Å². The van der Waals surface area contributed by atoms with Gasteiger partial charge >= 0.3 is 25.4 Å². The summed E-state index contributed by atoms with van der Waals surface area (Å²) in [6.45, 7) is 16.9. The predicted molar refractivity (Wildman–Crippen MR) is 132 cm³/mol. The molecule has 0 aliphatic carbocycles. The number of carbonyl (C=O) groups excluding carboxylic acids is 1. The molecular formula is C27H33N3O6Ru. The molecule has 1 aliphatic heterocycles. The maximum atomic E-state index is 11.3. The number of benzene rings is 1. The Morgan fingerprint density at radius 1 is 0.865 bits per heavy atom. The summed E-state index contributed by atoms with van der Waals surface area (Å²) in [5.41, 5.74) is 8.30. The first-order valence-electron chi connectivity index (χ1n) is 11.5. The molecule has 0 fully saturated rings. The number of carbonyl (C=O) groups is 1. The van der Waals surface area contributed by atoms with E-state index in [1.807, 2.05) is 0 Å². The van der Waals surface area contributed by atoms with Gasteiger partial charge in [0.2, 0.25) is 5.71 Å². The Kier molecular flexibility index (Phi) is 14.9. The van der Waals surface area contributed by atoms with Gasteiger partial charge in [-0.3, -0.25) is 0 Å². The number of hydrogen-bond acceptors (Lipinski definition) is 9. The Balaban J connectivity index is 0.000000534. The van der Waals surface area contributed by atoms with E-state index in [9.17, 15) is 20.1 Å². The number of hydrogen-bond donors (Lipinski definition) is 0. The number of nitrogens with zero attached hydrogens (tertiary/aromatic N) is 3. The summed E-state index contributed by atoms with van der Waals surface area (Å²) in [4.78, 5) is 11.3. The second-order valence-electron chi connectivity index (χ2n) is 7.82. The van der Waals surface area contributed by atoms with Gasteiger partial charge in [0.25, 0.3) is 0 Å². The van der Waals surface area contributed by atoms with Crippen molar-refractivity contribution in [3.63, 3.8) is 0 Å². The molecule has 1 aliphatic rings. The third-order valence-electron chi connectivity index (χ3n) is 5.79. The van der Waals surface area contributed by atoms with Gasteiger partial charge in [-0.2, -0.15) is 0 Å². The second kappa shape index (κ2) is 16.4. The van der Waals surface area contributed by atoms with Crippen molar-refractivity contribution in [1.82, 2.24) is 0 Å². The van der Waals surface area contributed by atoms with Gasteiger partial charge in [0.05, 0.1) is 12.6 Å². The SMILES string of the molecule is CCOC(=O)C1=NN=N/C1=C(/[O-])OCC.Cc1c(C)c(C)c(C)c(C)c1C.[O-]c1ccccc[c+]1[O-].[Ru+2]. The molecule has 0 saturated carbocycles. The van der Waals surface area contributed by atoms with Crippen molar-refractivity contribution in [2.75, 3.05) is 13.2 Å². The van der Waals surface area contributed by atoms with Crippen LogP contribution in [0.2, 0.25) is 0 Å². The molecular weight excluding hydrogens is 563 g/mol. The van der Waals surface area contributed by atoms with E-state index in [-0.39, 0.29) is 44.1 Å². The topological polar surface area (TPSA) is 142 Å². The molecule has 200 valence electrons. The molecule has 2 aromatic carbocycles. The van der Waals surface area contributed by atoms with Crippen LogP contribution in [0.25, 0.3) is 0 Å². The molecule has 2 aromatic rings. The molecule has 0 radical (unpaired) electrons. The van der Waals surface area contributed by atoms with Gasteiger partial charge in [-0.25, -0.2) is 4.79 Å². The predicted octanol–water partition coefficient (Wildman–Crippen LogP) is 3.59. The third-order valence-corrected chi connectivity index (χ3v) is 5.79. The first-order chi connectivity index (χ1) is 17.0. The van der Waals surface area contributed by atoms with E-state index in [2.05, 4.69) is 66.5 Å². The molecule has 3 rings (SSSR count). The third kappa shape index (κ3) is 9.54. The summed E-state index contributed by atoms with van der Waals surface area (Å²) in [5, 5.41) is 42.3. The second-order valence-corrected chi connectivity index (χ2v) is 7.82. The first-order valence-corrected chi connectivity index (χ1v) is 11.5. The van der Waals surface area contributed by atoms with Crippen LogP contribution in [0, 0.1) is 41.5 Å². The quantitative estimate of drug-likeness (QED) is 0.229. The normalized spacial score (nSPS) is 12.6. The van der Waals surface area contributed by atoms with Crippen LogP contribution >= 0.6 is 0 Å². The molecule has 0 spiro atoms. The van der Waals surface area contributed by atoms with Crippen LogP contribution in [0.3, 0.4) is 0 Å². The zero-order valence-electron chi connectivity index (χ0n) is 22.4. The van der Waals surface area contributed by atoms with Crippen LogP contribution in [-0.2, 0) is 33.7 Å². The molecule has 9 nitrogen and oxygen atoms in total. The van der Waals surface area contributed by atoms with Gasteiger partial charge in [0.1, 0.15) is 5.70 Å². The smallest absolute Gasteiger partial charge is 0.852 e. The summed E-state index contributed by atoms with van der Waals surface area (Å²) < 4.78 is 9.33. The average Bonchev–Trinajstić information content (AvgIpc) is 3.28. The van der Waals surface area contributed by atoms with Crippen molar-refractivity contribution in [2.45, 2.75) is 55.4 Å². The van der Waals surface area contributed by atoms with Gasteiger partial charge in [0.15, 0.2) is 0 Å². The zero-order valence-corrected chi connectivity index (χ0v) is 24.2. The van der Waals surface area contributed by atoms with E-state index < -0.39 is 23.4 Å². The van der Waals surface area contributed by atoms with Crippen LogP contribution in [-0.4, -0.2) is 24.9 Å². The van der Waals surface area contributed by atoms with Gasteiger partial charge in [-0.15, -0.1) is 10.2 Å². The zero-order chi connectivity index (χ0) is 27.4. The fourth-order valence-electron chi connectivity index (χ4n) is 3.08. The molecule has 0 atom stereocenters. The van der Waals surface area contributed by atoms with Crippen molar-refractivity contribution in [3.8, 4) is 11.5 Å². The molecule has 37 heavy (non-hydrogen) atoms.